The fourth-order valence-corrected chi connectivity index (χ4v) is 0.888. The highest BCUT2D eigenvalue weighted by Gasteiger charge is 2.36. The fourth-order valence-electron chi connectivity index (χ4n) is 0.888. The van der Waals surface area contributed by atoms with Gasteiger partial charge in [0.1, 0.15) is 12.1 Å². The quantitative estimate of drug-likeness (QED) is 0.709. The van der Waals surface area contributed by atoms with Crippen molar-refractivity contribution in [2.24, 2.45) is 0 Å². The van der Waals surface area contributed by atoms with E-state index in [2.05, 4.69) is 0 Å². The van der Waals surface area contributed by atoms with E-state index in [1.165, 1.54) is 21.0 Å². The van der Waals surface area contributed by atoms with Gasteiger partial charge in [-0.05, 0) is 13.8 Å². The SMILES string of the molecule is COC(C)(C)C(=O)N(C)CC(F)(F)F. The molecule has 0 saturated heterocycles. The summed E-state index contributed by atoms with van der Waals surface area (Å²) in [5.41, 5.74) is -1.22. The highest BCUT2D eigenvalue weighted by Crippen LogP contribution is 2.18. The van der Waals surface area contributed by atoms with Crippen LogP contribution in [-0.4, -0.2) is 43.3 Å². The van der Waals surface area contributed by atoms with E-state index in [4.69, 9.17) is 4.74 Å². The van der Waals surface area contributed by atoms with E-state index in [0.717, 1.165) is 7.05 Å². The van der Waals surface area contributed by atoms with Gasteiger partial charge in [0.2, 0.25) is 0 Å². The highest BCUT2D eigenvalue weighted by molar-refractivity contribution is 5.84. The molecule has 6 heteroatoms. The minimum Gasteiger partial charge on any atom is -0.369 e. The molecule has 0 radical (unpaired) electrons. The first-order valence-electron chi connectivity index (χ1n) is 3.97. The average Bonchev–Trinajstić information content (AvgIpc) is 2.00. The second-order valence-electron chi connectivity index (χ2n) is 3.49. The average molecular weight is 213 g/mol. The normalized spacial score (nSPS) is 12.8. The van der Waals surface area contributed by atoms with Crippen LogP contribution in [0.5, 0.6) is 0 Å². The highest BCUT2D eigenvalue weighted by atomic mass is 19.4. The van der Waals surface area contributed by atoms with Crippen LogP contribution in [0, 0.1) is 0 Å². The maximum atomic E-state index is 11.9. The lowest BCUT2D eigenvalue weighted by atomic mass is 10.1. The van der Waals surface area contributed by atoms with Crippen LogP contribution in [-0.2, 0) is 9.53 Å². The van der Waals surface area contributed by atoms with E-state index >= 15 is 0 Å². The minimum absolute atomic E-state index is 0.601. The third-order valence-electron chi connectivity index (χ3n) is 1.79. The summed E-state index contributed by atoms with van der Waals surface area (Å²) in [6.45, 7) is 1.57. The van der Waals surface area contributed by atoms with Crippen molar-refractivity contribution in [3.05, 3.63) is 0 Å². The maximum Gasteiger partial charge on any atom is 0.406 e. The van der Waals surface area contributed by atoms with Crippen molar-refractivity contribution in [3.63, 3.8) is 0 Å². The van der Waals surface area contributed by atoms with E-state index in [9.17, 15) is 18.0 Å². The largest absolute Gasteiger partial charge is 0.406 e. The van der Waals surface area contributed by atoms with Crippen molar-refractivity contribution in [2.75, 3.05) is 20.7 Å². The van der Waals surface area contributed by atoms with Crippen LogP contribution in [0.3, 0.4) is 0 Å². The Morgan fingerprint density at radius 1 is 1.36 bits per heavy atom. The van der Waals surface area contributed by atoms with Crippen molar-refractivity contribution < 1.29 is 22.7 Å². The number of halogens is 3. The van der Waals surface area contributed by atoms with Crippen LogP contribution in [0.25, 0.3) is 0 Å². The molecule has 0 aliphatic rings. The summed E-state index contributed by atoms with van der Waals surface area (Å²) in [4.78, 5) is 12.0. The van der Waals surface area contributed by atoms with E-state index in [1.807, 2.05) is 0 Å². The van der Waals surface area contributed by atoms with E-state index in [-0.39, 0.29) is 0 Å². The topological polar surface area (TPSA) is 29.5 Å². The monoisotopic (exact) mass is 213 g/mol. The van der Waals surface area contributed by atoms with Crippen molar-refractivity contribution in [1.29, 1.82) is 0 Å². The van der Waals surface area contributed by atoms with Crippen LogP contribution in [0.4, 0.5) is 13.2 Å². The summed E-state index contributed by atoms with van der Waals surface area (Å²) >= 11 is 0. The molecule has 1 amide bonds. The van der Waals surface area contributed by atoms with Crippen LogP contribution in [0.2, 0.25) is 0 Å². The minimum atomic E-state index is -4.38. The molecule has 0 unspecified atom stereocenters. The maximum absolute atomic E-state index is 11.9. The zero-order valence-corrected chi connectivity index (χ0v) is 8.60. The number of alkyl halides is 3. The molecule has 0 fully saturated rings. The smallest absolute Gasteiger partial charge is 0.369 e. The van der Waals surface area contributed by atoms with E-state index in [1.54, 1.807) is 0 Å². The van der Waals surface area contributed by atoms with Gasteiger partial charge in [0, 0.05) is 14.2 Å². The van der Waals surface area contributed by atoms with Crippen molar-refractivity contribution >= 4 is 5.91 Å². The predicted molar refractivity (Wildman–Crippen MR) is 44.8 cm³/mol. The third kappa shape index (κ3) is 3.95. The zero-order valence-electron chi connectivity index (χ0n) is 8.60. The van der Waals surface area contributed by atoms with Gasteiger partial charge in [-0.1, -0.05) is 0 Å². The summed E-state index contributed by atoms with van der Waals surface area (Å²) in [7, 11) is 2.37. The van der Waals surface area contributed by atoms with Crippen molar-refractivity contribution in [2.45, 2.75) is 25.6 Å². The molecule has 0 aromatic rings. The first-order chi connectivity index (χ1) is 6.10. The van der Waals surface area contributed by atoms with Crippen LogP contribution in [0.1, 0.15) is 13.8 Å². The molecule has 0 saturated carbocycles. The third-order valence-corrected chi connectivity index (χ3v) is 1.79. The Bertz CT molecular complexity index is 213. The lowest BCUT2D eigenvalue weighted by Crippen LogP contribution is -2.47. The van der Waals surface area contributed by atoms with Crippen LogP contribution >= 0.6 is 0 Å². The molecule has 0 bridgehead atoms. The number of likely N-dealkylation sites (N-methyl/N-ethyl adjacent to an activating group) is 1. The number of hydrogen-bond acceptors (Lipinski definition) is 2. The summed E-state index contributed by atoms with van der Waals surface area (Å²) in [5.74, 6) is -0.697. The number of carbonyl (C=O) groups excluding carboxylic acids is 1. The van der Waals surface area contributed by atoms with Gasteiger partial charge in [-0.2, -0.15) is 13.2 Å². The Balaban J connectivity index is 4.41. The number of hydrogen-bond donors (Lipinski definition) is 0. The molecular weight excluding hydrogens is 199 g/mol. The van der Waals surface area contributed by atoms with Gasteiger partial charge in [0.25, 0.3) is 5.91 Å². The van der Waals surface area contributed by atoms with Gasteiger partial charge in [-0.25, -0.2) is 0 Å². The van der Waals surface area contributed by atoms with E-state index in [0.29, 0.717) is 4.90 Å². The Kier molecular flexibility index (Phi) is 3.93. The molecule has 0 aromatic carbocycles. The zero-order chi connectivity index (χ0) is 11.6. The molecule has 14 heavy (non-hydrogen) atoms. The lowest BCUT2D eigenvalue weighted by molar-refractivity contribution is -0.170. The fraction of sp³-hybridized carbons (Fsp3) is 0.875. The van der Waals surface area contributed by atoms with Crippen molar-refractivity contribution in [1.82, 2.24) is 4.90 Å². The Morgan fingerprint density at radius 2 is 1.79 bits per heavy atom. The molecule has 0 N–H and O–H groups in total. The molecule has 0 spiro atoms. The summed E-state index contributed by atoms with van der Waals surface area (Å²) < 4.78 is 40.5. The Hall–Kier alpha value is -0.780. The molecule has 84 valence electrons. The number of carbonyl (C=O) groups is 1. The molecule has 0 aromatic heterocycles. The number of amides is 1. The molecule has 0 heterocycles. The second kappa shape index (κ2) is 4.16. The predicted octanol–water partition coefficient (Wildman–Crippen LogP) is 1.43. The second-order valence-corrected chi connectivity index (χ2v) is 3.49. The standard InChI is InChI=1S/C8H14F3NO2/c1-7(2,14-4)6(13)12(3)5-8(9,10)11/h5H2,1-4H3. The van der Waals surface area contributed by atoms with Gasteiger partial charge >= 0.3 is 6.18 Å². The van der Waals surface area contributed by atoms with Gasteiger partial charge in [0.05, 0.1) is 0 Å². The number of ether oxygens (including phenoxy) is 1. The van der Waals surface area contributed by atoms with Gasteiger partial charge in [0.15, 0.2) is 0 Å². The summed E-state index contributed by atoms with van der Waals surface area (Å²) in [6, 6.07) is 0. The van der Waals surface area contributed by atoms with Gasteiger partial charge in [-0.3, -0.25) is 4.79 Å². The van der Waals surface area contributed by atoms with Crippen molar-refractivity contribution in [3.8, 4) is 0 Å². The molecule has 3 nitrogen and oxygen atoms in total. The van der Waals surface area contributed by atoms with Gasteiger partial charge < -0.3 is 9.64 Å². The molecule has 0 rings (SSSR count). The lowest BCUT2D eigenvalue weighted by Gasteiger charge is -2.28. The van der Waals surface area contributed by atoms with E-state index < -0.39 is 24.2 Å². The Labute approximate surface area is 80.8 Å². The van der Waals surface area contributed by atoms with Crippen LogP contribution in [0.15, 0.2) is 0 Å². The number of methoxy groups -OCH3 is 1. The Morgan fingerprint density at radius 3 is 2.07 bits per heavy atom. The number of rotatable bonds is 3. The van der Waals surface area contributed by atoms with Gasteiger partial charge in [-0.15, -0.1) is 0 Å². The molecule has 0 aliphatic carbocycles. The number of nitrogens with zero attached hydrogens (tertiary/aromatic N) is 1. The molecule has 0 aliphatic heterocycles. The summed E-state index contributed by atoms with van der Waals surface area (Å²) in [6.07, 6.45) is -4.38. The summed E-state index contributed by atoms with van der Waals surface area (Å²) in [5, 5.41) is 0. The first-order valence-corrected chi connectivity index (χ1v) is 3.97. The molecule has 0 atom stereocenters. The molecular formula is C8H14F3NO2. The van der Waals surface area contributed by atoms with Crippen LogP contribution < -0.4 is 0 Å². The first kappa shape index (κ1) is 13.2.